The maximum atomic E-state index is 14.1. The Kier molecular flexibility index (Phi) is 5.94. The smallest absolute Gasteiger partial charge is 0.396 e. The molecule has 5 aromatic rings. The van der Waals surface area contributed by atoms with Crippen LogP contribution in [0.2, 0.25) is 0 Å². The summed E-state index contributed by atoms with van der Waals surface area (Å²) < 4.78 is 45.2. The highest BCUT2D eigenvalue weighted by Gasteiger charge is 2.34. The van der Waals surface area contributed by atoms with E-state index >= 15 is 0 Å². The number of anilines is 1. The van der Waals surface area contributed by atoms with Crippen molar-refractivity contribution in [3.8, 4) is 11.5 Å². The minimum atomic E-state index is -4.50. The van der Waals surface area contributed by atoms with Crippen molar-refractivity contribution in [3.63, 3.8) is 0 Å². The number of aromatic nitrogens is 1. The fourth-order valence-electron chi connectivity index (χ4n) is 3.88. The first-order valence-corrected chi connectivity index (χ1v) is 12.8. The van der Waals surface area contributed by atoms with Crippen LogP contribution in [0.4, 0.5) is 5.69 Å². The van der Waals surface area contributed by atoms with E-state index in [1.54, 1.807) is 24.3 Å². The number of hydrogen-bond acceptors (Lipinski definition) is 9. The molecule has 3 aromatic carbocycles. The van der Waals surface area contributed by atoms with Crippen molar-refractivity contribution in [2.75, 3.05) is 18.5 Å². The zero-order chi connectivity index (χ0) is 25.4. The van der Waals surface area contributed by atoms with Gasteiger partial charge >= 0.3 is 4.94 Å². The number of amides is 1. The molecule has 0 aliphatic rings. The van der Waals surface area contributed by atoms with Crippen molar-refractivity contribution in [3.05, 3.63) is 88.4 Å². The van der Waals surface area contributed by atoms with Crippen LogP contribution in [0.5, 0.6) is 11.5 Å². The van der Waals surface area contributed by atoms with Crippen molar-refractivity contribution in [1.82, 2.24) is 4.98 Å². The van der Waals surface area contributed by atoms with Gasteiger partial charge in [0.1, 0.15) is 0 Å². The summed E-state index contributed by atoms with van der Waals surface area (Å²) in [6, 6.07) is 15.4. The van der Waals surface area contributed by atoms with Gasteiger partial charge in [-0.1, -0.05) is 35.6 Å². The molecule has 2 heterocycles. The van der Waals surface area contributed by atoms with E-state index in [2.05, 4.69) is 4.98 Å². The van der Waals surface area contributed by atoms with Crippen LogP contribution in [0.1, 0.15) is 10.4 Å². The predicted octanol–water partition coefficient (Wildman–Crippen LogP) is 4.46. The van der Waals surface area contributed by atoms with Gasteiger partial charge in [0.15, 0.2) is 17.1 Å². The number of pyridine rings is 1. The Morgan fingerprint density at radius 3 is 2.42 bits per heavy atom. The largest absolute Gasteiger partial charge is 0.493 e. The maximum absolute atomic E-state index is 14.1. The van der Waals surface area contributed by atoms with Crippen LogP contribution in [0.15, 0.2) is 87.2 Å². The summed E-state index contributed by atoms with van der Waals surface area (Å²) in [4.78, 5) is 29.1. The molecule has 0 radical (unpaired) electrons. The van der Waals surface area contributed by atoms with E-state index in [4.69, 9.17) is 13.9 Å². The van der Waals surface area contributed by atoms with Gasteiger partial charge in [0, 0.05) is 29.2 Å². The Labute approximate surface area is 209 Å². The molecule has 36 heavy (non-hydrogen) atoms. The lowest BCUT2D eigenvalue weighted by Crippen LogP contribution is -2.37. The number of hydrogen-bond donors (Lipinski definition) is 0. The van der Waals surface area contributed by atoms with Crippen molar-refractivity contribution >= 4 is 54.0 Å². The number of fused-ring (bicyclic) bond motifs is 3. The lowest BCUT2D eigenvalue weighted by Gasteiger charge is -2.24. The van der Waals surface area contributed by atoms with E-state index in [9.17, 15) is 18.0 Å². The van der Waals surface area contributed by atoms with Crippen LogP contribution in [0.25, 0.3) is 21.1 Å². The predicted molar refractivity (Wildman–Crippen MR) is 136 cm³/mol. The van der Waals surface area contributed by atoms with E-state index < -0.39 is 20.9 Å². The molecule has 0 spiro atoms. The second kappa shape index (κ2) is 9.10. The Morgan fingerprint density at radius 2 is 1.72 bits per heavy atom. The monoisotopic (exact) mass is 522 g/mol. The van der Waals surface area contributed by atoms with E-state index in [1.807, 2.05) is 0 Å². The molecular weight excluding hydrogens is 504 g/mol. The van der Waals surface area contributed by atoms with Gasteiger partial charge in [-0.05, 0) is 30.3 Å². The maximum Gasteiger partial charge on any atom is 0.396 e. The van der Waals surface area contributed by atoms with E-state index in [-0.39, 0.29) is 21.9 Å². The third-order valence-electron chi connectivity index (χ3n) is 5.52. The summed E-state index contributed by atoms with van der Waals surface area (Å²) in [5.41, 5.74) is 0.451. The first-order chi connectivity index (χ1) is 17.3. The highest BCUT2D eigenvalue weighted by molar-refractivity contribution is 7.93. The van der Waals surface area contributed by atoms with Gasteiger partial charge in [0.05, 0.1) is 35.1 Å². The number of carbonyl (C=O) groups is 1. The topological polar surface area (TPSA) is 116 Å². The number of nitrogens with zero attached hydrogens (tertiary/aromatic N) is 2. The molecule has 9 nitrogen and oxygen atoms in total. The quantitative estimate of drug-likeness (QED) is 0.321. The summed E-state index contributed by atoms with van der Waals surface area (Å²) in [7, 11) is -1.68. The Balaban J connectivity index is 1.83. The van der Waals surface area contributed by atoms with Crippen molar-refractivity contribution in [1.29, 1.82) is 0 Å². The summed E-state index contributed by atoms with van der Waals surface area (Å²) in [5.74, 6) is -0.310. The lowest BCUT2D eigenvalue weighted by molar-refractivity contribution is 0.100. The number of methoxy groups -OCH3 is 2. The Morgan fingerprint density at radius 1 is 0.972 bits per heavy atom. The molecule has 0 fully saturated rings. The van der Waals surface area contributed by atoms with Crippen molar-refractivity contribution in [2.45, 2.75) is 4.90 Å². The molecule has 0 saturated heterocycles. The van der Waals surface area contributed by atoms with Gasteiger partial charge in [-0.15, -0.1) is 0 Å². The molecule has 0 unspecified atom stereocenters. The number of sulfonamides is 1. The van der Waals surface area contributed by atoms with E-state index in [1.165, 1.54) is 63.0 Å². The minimum Gasteiger partial charge on any atom is -0.493 e. The van der Waals surface area contributed by atoms with Crippen LogP contribution < -0.4 is 18.7 Å². The van der Waals surface area contributed by atoms with Gasteiger partial charge in [-0.25, -0.2) is 13.2 Å². The summed E-state index contributed by atoms with van der Waals surface area (Å²) in [6.45, 7) is 0. The average molecular weight is 523 g/mol. The molecule has 2 aromatic heterocycles. The van der Waals surface area contributed by atoms with Crippen LogP contribution in [0, 0.1) is 0 Å². The third-order valence-corrected chi connectivity index (χ3v) is 7.99. The number of ether oxygens (including phenoxy) is 2. The highest BCUT2D eigenvalue weighted by Crippen LogP contribution is 2.39. The lowest BCUT2D eigenvalue weighted by atomic mass is 10.1. The fraction of sp³-hybridized carbons (Fsp3) is 0.0800. The molecule has 11 heteroatoms. The molecule has 0 aliphatic carbocycles. The minimum absolute atomic E-state index is 0.0612. The van der Waals surface area contributed by atoms with E-state index in [0.29, 0.717) is 26.8 Å². The Hall–Kier alpha value is -4.22. The summed E-state index contributed by atoms with van der Waals surface area (Å²) in [5, 5.41) is 0.905. The number of carbonyl (C=O) groups excluding carboxylic acids is 1. The zero-order valence-corrected chi connectivity index (χ0v) is 20.6. The SMILES string of the molecule is COc1ccc(S(=O)(=O)N(C(=O)c2cccnc2)c2cc3sc(=O)oc3c3ccccc23)cc1OC. The summed E-state index contributed by atoms with van der Waals surface area (Å²) >= 11 is 0.820. The second-order valence-corrected chi connectivity index (χ2v) is 10.3. The van der Waals surface area contributed by atoms with Gasteiger partial charge in [0.2, 0.25) is 0 Å². The van der Waals surface area contributed by atoms with Crippen LogP contribution in [-0.4, -0.2) is 33.5 Å². The second-order valence-electron chi connectivity index (χ2n) is 7.56. The first kappa shape index (κ1) is 23.5. The van der Waals surface area contributed by atoms with Gasteiger partial charge in [0.25, 0.3) is 15.9 Å². The van der Waals surface area contributed by atoms with Crippen molar-refractivity contribution in [2.24, 2.45) is 0 Å². The van der Waals surface area contributed by atoms with Crippen LogP contribution in [-0.2, 0) is 10.0 Å². The third kappa shape index (κ3) is 3.88. The molecule has 1 amide bonds. The molecule has 182 valence electrons. The Bertz CT molecular complexity index is 1780. The van der Waals surface area contributed by atoms with Crippen LogP contribution in [0.3, 0.4) is 0 Å². The molecule has 0 saturated carbocycles. The molecular formula is C25H18N2O7S2. The molecule has 0 atom stereocenters. The molecule has 0 N–H and O–H groups in total. The highest BCUT2D eigenvalue weighted by atomic mass is 32.2. The first-order valence-electron chi connectivity index (χ1n) is 10.5. The van der Waals surface area contributed by atoms with Gasteiger partial charge in [-0.3, -0.25) is 9.78 Å². The van der Waals surface area contributed by atoms with Gasteiger partial charge in [-0.2, -0.15) is 4.31 Å². The number of rotatable bonds is 6. The average Bonchev–Trinajstić information content (AvgIpc) is 3.29. The molecule has 0 aliphatic heterocycles. The summed E-state index contributed by atoms with van der Waals surface area (Å²) in [6.07, 6.45) is 2.77. The fourth-order valence-corrected chi connectivity index (χ4v) is 6.04. The number of benzene rings is 3. The normalized spacial score (nSPS) is 11.5. The molecule has 0 bridgehead atoms. The van der Waals surface area contributed by atoms with E-state index in [0.717, 1.165) is 15.6 Å². The van der Waals surface area contributed by atoms with Crippen LogP contribution >= 0.6 is 11.3 Å². The standard InChI is InChI=1S/C25H18N2O7S2/c1-32-20-10-9-16(12-21(20)33-2)36(30,31)27(24(28)15-6-5-11-26-14-15)19-13-22-23(34-25(29)35-22)18-8-4-3-7-17(18)19/h3-14H,1-2H3. The zero-order valence-electron chi connectivity index (χ0n) is 19.0. The molecule has 5 rings (SSSR count). The van der Waals surface area contributed by atoms with Crippen molar-refractivity contribution < 1.29 is 27.1 Å². The van der Waals surface area contributed by atoms with Gasteiger partial charge < -0.3 is 13.9 Å².